The van der Waals surface area contributed by atoms with Crippen molar-refractivity contribution in [3.63, 3.8) is 0 Å². The first-order chi connectivity index (χ1) is 12.5. The number of amides is 1. The molecule has 3 heteroatoms. The van der Waals surface area contributed by atoms with Crippen LogP contribution in [0.15, 0.2) is 48.5 Å². The van der Waals surface area contributed by atoms with Crippen LogP contribution in [0.1, 0.15) is 38.8 Å². The summed E-state index contributed by atoms with van der Waals surface area (Å²) < 4.78 is 0. The fourth-order valence-corrected chi connectivity index (χ4v) is 3.53. The van der Waals surface area contributed by atoms with Crippen molar-refractivity contribution in [2.75, 3.05) is 29.4 Å². The predicted molar refractivity (Wildman–Crippen MR) is 112 cm³/mol. The van der Waals surface area contributed by atoms with Gasteiger partial charge in [0.15, 0.2) is 0 Å². The smallest absolute Gasteiger partial charge is 0.259 e. The van der Waals surface area contributed by atoms with Gasteiger partial charge in [-0.3, -0.25) is 4.79 Å². The highest BCUT2D eigenvalue weighted by Crippen LogP contribution is 2.38. The normalized spacial score (nSPS) is 15.0. The van der Waals surface area contributed by atoms with E-state index >= 15 is 0 Å². The van der Waals surface area contributed by atoms with E-state index in [0.29, 0.717) is 5.92 Å². The van der Waals surface area contributed by atoms with Crippen molar-refractivity contribution in [2.24, 2.45) is 5.92 Å². The zero-order valence-electron chi connectivity index (χ0n) is 16.2. The highest BCUT2D eigenvalue weighted by Gasteiger charge is 2.32. The van der Waals surface area contributed by atoms with Crippen LogP contribution in [-0.2, 0) is 4.79 Å². The standard InChI is InChI=1S/C23H28N2O/c1-5-24(6-2)19-13-11-18(12-14-19)15-21-20-9-7-8-10-22(20)25(23(21)26)16-17(3)4/h7-15,17H,5-6,16H2,1-4H3/b21-15-. The molecule has 3 nitrogen and oxygen atoms in total. The van der Waals surface area contributed by atoms with Gasteiger partial charge in [0.25, 0.3) is 5.91 Å². The maximum atomic E-state index is 13.0. The van der Waals surface area contributed by atoms with Crippen molar-refractivity contribution in [3.05, 3.63) is 59.7 Å². The van der Waals surface area contributed by atoms with Crippen molar-refractivity contribution in [1.82, 2.24) is 0 Å². The molecule has 0 saturated heterocycles. The fourth-order valence-electron chi connectivity index (χ4n) is 3.53. The molecule has 2 aromatic carbocycles. The van der Waals surface area contributed by atoms with E-state index in [4.69, 9.17) is 0 Å². The van der Waals surface area contributed by atoms with E-state index < -0.39 is 0 Å². The van der Waals surface area contributed by atoms with Crippen molar-refractivity contribution in [2.45, 2.75) is 27.7 Å². The number of nitrogens with zero attached hydrogens (tertiary/aromatic N) is 2. The molecule has 0 unspecified atom stereocenters. The number of hydrogen-bond donors (Lipinski definition) is 0. The van der Waals surface area contributed by atoms with Gasteiger partial charge in [-0.15, -0.1) is 0 Å². The monoisotopic (exact) mass is 348 g/mol. The summed E-state index contributed by atoms with van der Waals surface area (Å²) in [6.07, 6.45) is 2.02. The lowest BCUT2D eigenvalue weighted by Crippen LogP contribution is -2.30. The van der Waals surface area contributed by atoms with Crippen LogP contribution >= 0.6 is 0 Å². The topological polar surface area (TPSA) is 23.6 Å². The van der Waals surface area contributed by atoms with Crippen LogP contribution in [0.25, 0.3) is 11.6 Å². The van der Waals surface area contributed by atoms with Crippen LogP contribution in [0.2, 0.25) is 0 Å². The number of benzene rings is 2. The van der Waals surface area contributed by atoms with Gasteiger partial charge in [-0.05, 0) is 49.6 Å². The maximum absolute atomic E-state index is 13.0. The van der Waals surface area contributed by atoms with Crippen LogP contribution in [-0.4, -0.2) is 25.5 Å². The Morgan fingerprint density at radius 1 is 1.00 bits per heavy atom. The summed E-state index contributed by atoms with van der Waals surface area (Å²) in [7, 11) is 0. The van der Waals surface area contributed by atoms with Gasteiger partial charge >= 0.3 is 0 Å². The first-order valence-corrected chi connectivity index (χ1v) is 9.53. The molecule has 0 N–H and O–H groups in total. The van der Waals surface area contributed by atoms with Crippen molar-refractivity contribution < 1.29 is 4.79 Å². The van der Waals surface area contributed by atoms with E-state index in [1.165, 1.54) is 5.69 Å². The summed E-state index contributed by atoms with van der Waals surface area (Å²) in [4.78, 5) is 17.2. The molecule has 1 heterocycles. The van der Waals surface area contributed by atoms with Crippen molar-refractivity contribution in [3.8, 4) is 0 Å². The number of anilines is 2. The Labute approximate surface area is 156 Å². The van der Waals surface area contributed by atoms with Crippen molar-refractivity contribution in [1.29, 1.82) is 0 Å². The second kappa shape index (κ2) is 7.77. The summed E-state index contributed by atoms with van der Waals surface area (Å²) >= 11 is 0. The predicted octanol–water partition coefficient (Wildman–Crippen LogP) is 5.08. The summed E-state index contributed by atoms with van der Waals surface area (Å²) in [5.74, 6) is 0.535. The molecule has 0 radical (unpaired) electrons. The van der Waals surface area contributed by atoms with E-state index in [2.05, 4.69) is 56.9 Å². The van der Waals surface area contributed by atoms with Gasteiger partial charge in [-0.25, -0.2) is 0 Å². The zero-order chi connectivity index (χ0) is 18.7. The Balaban J connectivity index is 1.94. The second-order valence-electron chi connectivity index (χ2n) is 7.15. The summed E-state index contributed by atoms with van der Waals surface area (Å²) in [5.41, 5.74) is 5.13. The molecule has 2 aromatic rings. The third-order valence-corrected chi connectivity index (χ3v) is 4.84. The molecule has 0 aromatic heterocycles. The van der Waals surface area contributed by atoms with E-state index in [0.717, 1.165) is 42.0 Å². The molecule has 0 spiro atoms. The summed E-state index contributed by atoms with van der Waals surface area (Å²) in [6, 6.07) is 16.6. The molecule has 0 saturated carbocycles. The van der Waals surface area contributed by atoms with Crippen LogP contribution in [0.4, 0.5) is 11.4 Å². The Hall–Kier alpha value is -2.55. The summed E-state index contributed by atoms with van der Waals surface area (Å²) in [5, 5.41) is 0. The Kier molecular flexibility index (Phi) is 5.46. The molecule has 1 aliphatic heterocycles. The van der Waals surface area contributed by atoms with E-state index in [1.54, 1.807) is 0 Å². The average Bonchev–Trinajstić information content (AvgIpc) is 2.90. The van der Waals surface area contributed by atoms with Gasteiger partial charge in [0, 0.05) is 36.5 Å². The Morgan fingerprint density at radius 3 is 2.27 bits per heavy atom. The number of rotatable bonds is 6. The highest BCUT2D eigenvalue weighted by atomic mass is 16.2. The van der Waals surface area contributed by atoms with Crippen LogP contribution in [0, 0.1) is 5.92 Å². The number of hydrogen-bond acceptors (Lipinski definition) is 2. The molecule has 0 bridgehead atoms. The molecular weight excluding hydrogens is 320 g/mol. The minimum atomic E-state index is 0.104. The van der Waals surface area contributed by atoms with Gasteiger partial charge in [-0.2, -0.15) is 0 Å². The van der Waals surface area contributed by atoms with E-state index in [1.807, 2.05) is 35.2 Å². The first kappa shape index (κ1) is 18.2. The van der Waals surface area contributed by atoms with Crippen LogP contribution in [0.3, 0.4) is 0 Å². The van der Waals surface area contributed by atoms with Gasteiger partial charge in [0.05, 0.1) is 5.69 Å². The molecular formula is C23H28N2O. The number of para-hydroxylation sites is 1. The lowest BCUT2D eigenvalue weighted by molar-refractivity contribution is -0.113. The SMILES string of the molecule is CCN(CC)c1ccc(/C=C2\C(=O)N(CC(C)C)c3ccccc32)cc1. The fraction of sp³-hybridized carbons (Fsp3) is 0.348. The van der Waals surface area contributed by atoms with Gasteiger partial charge in [-0.1, -0.05) is 44.2 Å². The number of carbonyl (C=O) groups excluding carboxylic acids is 1. The van der Waals surface area contributed by atoms with Crippen molar-refractivity contribution >= 4 is 28.9 Å². The largest absolute Gasteiger partial charge is 0.372 e. The highest BCUT2D eigenvalue weighted by molar-refractivity contribution is 6.35. The van der Waals surface area contributed by atoms with Gasteiger partial charge in [0.2, 0.25) is 0 Å². The third kappa shape index (κ3) is 3.52. The van der Waals surface area contributed by atoms with E-state index in [-0.39, 0.29) is 5.91 Å². The Morgan fingerprint density at radius 2 is 1.65 bits per heavy atom. The summed E-state index contributed by atoms with van der Waals surface area (Å²) in [6.45, 7) is 11.3. The molecule has 1 aliphatic rings. The molecule has 0 fully saturated rings. The Bertz CT molecular complexity index is 801. The molecule has 1 amide bonds. The van der Waals surface area contributed by atoms with Gasteiger partial charge in [0.1, 0.15) is 0 Å². The zero-order valence-corrected chi connectivity index (χ0v) is 16.2. The molecule has 26 heavy (non-hydrogen) atoms. The second-order valence-corrected chi connectivity index (χ2v) is 7.15. The average molecular weight is 348 g/mol. The molecule has 0 atom stereocenters. The van der Waals surface area contributed by atoms with Crippen LogP contribution in [0.5, 0.6) is 0 Å². The minimum Gasteiger partial charge on any atom is -0.372 e. The van der Waals surface area contributed by atoms with Gasteiger partial charge < -0.3 is 9.80 Å². The van der Waals surface area contributed by atoms with Crippen LogP contribution < -0.4 is 9.80 Å². The molecule has 136 valence electrons. The van der Waals surface area contributed by atoms with E-state index in [9.17, 15) is 4.79 Å². The quantitative estimate of drug-likeness (QED) is 0.680. The number of fused-ring (bicyclic) bond motifs is 1. The first-order valence-electron chi connectivity index (χ1n) is 9.53. The maximum Gasteiger partial charge on any atom is 0.259 e. The number of carbonyl (C=O) groups is 1. The third-order valence-electron chi connectivity index (χ3n) is 4.84. The molecule has 0 aliphatic carbocycles. The molecule has 3 rings (SSSR count). The lowest BCUT2D eigenvalue weighted by Gasteiger charge is -2.21. The lowest BCUT2D eigenvalue weighted by atomic mass is 10.0. The minimum absolute atomic E-state index is 0.104.